The molecule has 9 heteroatoms. The topological polar surface area (TPSA) is 98.1 Å². The number of halogens is 1. The molecule has 0 saturated carbocycles. The fraction of sp³-hybridized carbons (Fsp3) is 0.250. The first-order valence-corrected chi connectivity index (χ1v) is 10.9. The molecule has 0 aliphatic carbocycles. The molecule has 0 fully saturated rings. The van der Waals surface area contributed by atoms with Gasteiger partial charge in [-0.05, 0) is 42.7 Å². The Hall–Kier alpha value is -3.65. The van der Waals surface area contributed by atoms with Crippen LogP contribution < -0.4 is 20.9 Å². The summed E-state index contributed by atoms with van der Waals surface area (Å²) in [5.41, 5.74) is 0.669. The molecule has 0 spiro atoms. The molecule has 172 valence electrons. The van der Waals surface area contributed by atoms with Crippen LogP contribution in [0.1, 0.15) is 28.8 Å². The number of ether oxygens (including phenoxy) is 1. The van der Waals surface area contributed by atoms with Crippen LogP contribution in [0, 0.1) is 0 Å². The number of benzene rings is 1. The number of rotatable bonds is 11. The second-order valence-corrected chi connectivity index (χ2v) is 7.58. The summed E-state index contributed by atoms with van der Waals surface area (Å²) in [6.07, 6.45) is 8.72. The molecule has 3 aromatic rings. The lowest BCUT2D eigenvalue weighted by Gasteiger charge is -2.09. The lowest BCUT2D eigenvalue weighted by Crippen LogP contribution is -2.33. The van der Waals surface area contributed by atoms with Gasteiger partial charge in [0, 0.05) is 36.6 Å². The highest BCUT2D eigenvalue weighted by Crippen LogP contribution is 2.11. The molecule has 0 saturated heterocycles. The first-order valence-electron chi connectivity index (χ1n) is 10.5. The molecule has 33 heavy (non-hydrogen) atoms. The van der Waals surface area contributed by atoms with E-state index < -0.39 is 0 Å². The number of hydrogen-bond acceptors (Lipinski definition) is 6. The molecule has 0 unspecified atom stereocenters. The van der Waals surface area contributed by atoms with Gasteiger partial charge in [-0.1, -0.05) is 35.9 Å². The summed E-state index contributed by atoms with van der Waals surface area (Å²) in [6.45, 7) is 1.45. The van der Waals surface area contributed by atoms with Crippen molar-refractivity contribution in [1.29, 1.82) is 0 Å². The molecule has 0 aliphatic rings. The Bertz CT molecular complexity index is 1160. The number of nitrogens with zero attached hydrogens (tertiary/aromatic N) is 3. The Morgan fingerprint density at radius 1 is 1.15 bits per heavy atom. The molecule has 3 rings (SSSR count). The van der Waals surface area contributed by atoms with Gasteiger partial charge in [-0.3, -0.25) is 9.59 Å². The van der Waals surface area contributed by atoms with E-state index in [2.05, 4.69) is 20.6 Å². The lowest BCUT2D eigenvalue weighted by molar-refractivity contribution is 0.0952. The number of hydrogen-bond donors (Lipinski definition) is 2. The SMILES string of the molecule is COc1ccnc(NCCC=CCCNC(=O)c2cccn(Cc3cccc(Cl)c3)c2=O)n1. The van der Waals surface area contributed by atoms with Crippen molar-refractivity contribution in [1.82, 2.24) is 19.9 Å². The third-order valence-electron chi connectivity index (χ3n) is 4.70. The van der Waals surface area contributed by atoms with Crippen molar-refractivity contribution in [2.75, 3.05) is 25.5 Å². The number of carbonyl (C=O) groups excluding carboxylic acids is 1. The van der Waals surface area contributed by atoms with Crippen LogP contribution in [-0.4, -0.2) is 40.6 Å². The quantitative estimate of drug-likeness (QED) is 0.330. The third-order valence-corrected chi connectivity index (χ3v) is 4.94. The number of pyridine rings is 1. The second-order valence-electron chi connectivity index (χ2n) is 7.14. The number of aromatic nitrogens is 3. The molecule has 1 amide bonds. The third kappa shape index (κ3) is 7.47. The highest BCUT2D eigenvalue weighted by Gasteiger charge is 2.11. The fourth-order valence-corrected chi connectivity index (χ4v) is 3.29. The van der Waals surface area contributed by atoms with Crippen molar-refractivity contribution >= 4 is 23.5 Å². The minimum atomic E-state index is -0.384. The van der Waals surface area contributed by atoms with E-state index in [1.807, 2.05) is 24.3 Å². The molecule has 0 bridgehead atoms. The van der Waals surface area contributed by atoms with Crippen LogP contribution in [0.5, 0.6) is 5.88 Å². The summed E-state index contributed by atoms with van der Waals surface area (Å²) in [4.78, 5) is 33.5. The van der Waals surface area contributed by atoms with Crippen LogP contribution in [0.15, 0.2) is 71.8 Å². The summed E-state index contributed by atoms with van der Waals surface area (Å²) in [6, 6.07) is 12.2. The fourth-order valence-electron chi connectivity index (χ4n) is 3.07. The first kappa shape index (κ1) is 24.0. The summed E-state index contributed by atoms with van der Waals surface area (Å²) < 4.78 is 6.56. The Morgan fingerprint density at radius 3 is 2.76 bits per heavy atom. The van der Waals surface area contributed by atoms with Gasteiger partial charge < -0.3 is 19.9 Å². The molecule has 8 nitrogen and oxygen atoms in total. The van der Waals surface area contributed by atoms with E-state index in [4.69, 9.17) is 16.3 Å². The van der Waals surface area contributed by atoms with Gasteiger partial charge in [0.15, 0.2) is 0 Å². The van der Waals surface area contributed by atoms with Crippen LogP contribution in [0.3, 0.4) is 0 Å². The maximum absolute atomic E-state index is 12.7. The lowest BCUT2D eigenvalue weighted by atomic mass is 10.2. The Kier molecular flexibility index (Phi) is 9.02. The molecule has 0 radical (unpaired) electrons. The zero-order valence-electron chi connectivity index (χ0n) is 18.3. The zero-order valence-corrected chi connectivity index (χ0v) is 19.1. The monoisotopic (exact) mass is 467 g/mol. The predicted octanol–water partition coefficient (Wildman–Crippen LogP) is 3.53. The van der Waals surface area contributed by atoms with Crippen molar-refractivity contribution in [2.45, 2.75) is 19.4 Å². The van der Waals surface area contributed by atoms with Crippen LogP contribution in [-0.2, 0) is 6.54 Å². The van der Waals surface area contributed by atoms with E-state index in [1.165, 1.54) is 10.6 Å². The van der Waals surface area contributed by atoms with Crippen molar-refractivity contribution in [3.05, 3.63) is 93.5 Å². The van der Waals surface area contributed by atoms with Crippen molar-refractivity contribution in [2.24, 2.45) is 0 Å². The first-order chi connectivity index (χ1) is 16.1. The van der Waals surface area contributed by atoms with Gasteiger partial charge in [-0.15, -0.1) is 0 Å². The number of amides is 1. The van der Waals surface area contributed by atoms with Gasteiger partial charge in [0.05, 0.1) is 13.7 Å². The van der Waals surface area contributed by atoms with Crippen molar-refractivity contribution < 1.29 is 9.53 Å². The van der Waals surface area contributed by atoms with Crippen LogP contribution in [0.2, 0.25) is 5.02 Å². The highest BCUT2D eigenvalue weighted by atomic mass is 35.5. The van der Waals surface area contributed by atoms with E-state index in [9.17, 15) is 9.59 Å². The minimum absolute atomic E-state index is 0.117. The molecule has 2 heterocycles. The van der Waals surface area contributed by atoms with Gasteiger partial charge in [0.2, 0.25) is 11.8 Å². The molecule has 1 aromatic carbocycles. The Balaban J connectivity index is 1.42. The van der Waals surface area contributed by atoms with Crippen LogP contribution >= 0.6 is 11.6 Å². The molecule has 2 aromatic heterocycles. The molecule has 0 aliphatic heterocycles. The normalized spacial score (nSPS) is 10.8. The summed E-state index contributed by atoms with van der Waals surface area (Å²) in [5, 5.41) is 6.51. The van der Waals surface area contributed by atoms with Crippen LogP contribution in [0.25, 0.3) is 0 Å². The number of anilines is 1. The molecular formula is C24H26ClN5O3. The average molecular weight is 468 g/mol. The van der Waals surface area contributed by atoms with Gasteiger partial charge in [0.1, 0.15) is 5.56 Å². The summed E-state index contributed by atoms with van der Waals surface area (Å²) in [5.74, 6) is 0.637. The largest absolute Gasteiger partial charge is 0.481 e. The number of carbonyl (C=O) groups is 1. The van der Waals surface area contributed by atoms with Gasteiger partial charge >= 0.3 is 0 Å². The summed E-state index contributed by atoms with van der Waals surface area (Å²) >= 11 is 6.01. The number of nitrogens with one attached hydrogen (secondary N) is 2. The number of methoxy groups -OCH3 is 1. The van der Waals surface area contributed by atoms with E-state index in [-0.39, 0.29) is 17.0 Å². The van der Waals surface area contributed by atoms with E-state index in [1.54, 1.807) is 43.8 Å². The van der Waals surface area contributed by atoms with E-state index >= 15 is 0 Å². The maximum Gasteiger partial charge on any atom is 0.263 e. The minimum Gasteiger partial charge on any atom is -0.481 e. The van der Waals surface area contributed by atoms with Crippen LogP contribution in [0.4, 0.5) is 5.95 Å². The van der Waals surface area contributed by atoms with Crippen molar-refractivity contribution in [3.8, 4) is 5.88 Å². The Morgan fingerprint density at radius 2 is 1.97 bits per heavy atom. The molecule has 2 N–H and O–H groups in total. The Labute approximate surface area is 197 Å². The maximum atomic E-state index is 12.7. The zero-order chi connectivity index (χ0) is 23.5. The van der Waals surface area contributed by atoms with E-state index in [0.717, 1.165) is 12.0 Å². The highest BCUT2D eigenvalue weighted by molar-refractivity contribution is 6.30. The standard InChI is InChI=1S/C24H26ClN5O3/c1-33-21-11-14-28-24(29-21)27-13-5-3-2-4-12-26-22(31)20-10-7-15-30(23(20)32)17-18-8-6-9-19(25)16-18/h2-3,6-11,14-16H,4-5,12-13,17H2,1H3,(H,26,31)(H,27,28,29). The average Bonchev–Trinajstić information content (AvgIpc) is 2.82. The second kappa shape index (κ2) is 12.4. The molecule has 0 atom stereocenters. The predicted molar refractivity (Wildman–Crippen MR) is 129 cm³/mol. The van der Waals surface area contributed by atoms with E-state index in [0.29, 0.717) is 42.9 Å². The van der Waals surface area contributed by atoms with Gasteiger partial charge in [-0.25, -0.2) is 4.98 Å². The van der Waals surface area contributed by atoms with Crippen molar-refractivity contribution in [3.63, 3.8) is 0 Å². The van der Waals surface area contributed by atoms with Gasteiger partial charge in [0.25, 0.3) is 11.5 Å². The molecular weight excluding hydrogens is 442 g/mol. The smallest absolute Gasteiger partial charge is 0.263 e. The van der Waals surface area contributed by atoms with Gasteiger partial charge in [-0.2, -0.15) is 4.98 Å². The summed E-state index contributed by atoms with van der Waals surface area (Å²) in [7, 11) is 1.56.